The van der Waals surface area contributed by atoms with Crippen LogP contribution in [0.2, 0.25) is 0 Å². The van der Waals surface area contributed by atoms with Crippen LogP contribution in [0.5, 0.6) is 0 Å². The van der Waals surface area contributed by atoms with Crippen molar-refractivity contribution in [3.8, 4) is 0 Å². The lowest BCUT2D eigenvalue weighted by Gasteiger charge is -2.32. The number of aryl methyl sites for hydroxylation is 2. The van der Waals surface area contributed by atoms with Gasteiger partial charge in [-0.15, -0.1) is 0 Å². The summed E-state index contributed by atoms with van der Waals surface area (Å²) in [6.45, 7) is 4.96. The Bertz CT molecular complexity index is 970. The molecule has 7 nitrogen and oxygen atoms in total. The number of carbonyl (C=O) groups is 2. The fourth-order valence-corrected chi connectivity index (χ4v) is 5.11. The number of nitrogens with zero attached hydrogens (tertiary/aromatic N) is 4. The van der Waals surface area contributed by atoms with Crippen LogP contribution in [0.25, 0.3) is 0 Å². The standard InChI is InChI=1S/C21H24N4O3/c1-13-14(2)22-23(3)19(13)20(27)24-10-9-21-17(24)11-18(26)25(21)12-16(28-21)15-7-5-4-6-8-15/h4-8,16-17H,9-12H2,1-3H3/t16-,17-,21+/m1/s1. The lowest BCUT2D eigenvalue weighted by atomic mass is 10.1. The van der Waals surface area contributed by atoms with Gasteiger partial charge in [0.05, 0.1) is 24.7 Å². The van der Waals surface area contributed by atoms with E-state index in [9.17, 15) is 9.59 Å². The van der Waals surface area contributed by atoms with E-state index < -0.39 is 5.72 Å². The van der Waals surface area contributed by atoms with Crippen molar-refractivity contribution in [2.75, 3.05) is 13.1 Å². The number of hydrogen-bond acceptors (Lipinski definition) is 4. The summed E-state index contributed by atoms with van der Waals surface area (Å²) in [6.07, 6.45) is 0.820. The maximum Gasteiger partial charge on any atom is 0.272 e. The van der Waals surface area contributed by atoms with Gasteiger partial charge in [0.1, 0.15) is 11.8 Å². The van der Waals surface area contributed by atoms with Crippen LogP contribution in [0.1, 0.15) is 46.3 Å². The monoisotopic (exact) mass is 380 g/mol. The Hall–Kier alpha value is -2.67. The Balaban J connectivity index is 1.47. The zero-order valence-electron chi connectivity index (χ0n) is 16.4. The smallest absolute Gasteiger partial charge is 0.272 e. The Kier molecular flexibility index (Phi) is 3.68. The maximum atomic E-state index is 13.4. The zero-order chi connectivity index (χ0) is 19.6. The van der Waals surface area contributed by atoms with Crippen molar-refractivity contribution in [2.45, 2.75) is 44.6 Å². The Labute approximate surface area is 163 Å². The summed E-state index contributed by atoms with van der Waals surface area (Å²) in [5.41, 5.74) is 2.71. The van der Waals surface area contributed by atoms with Crippen molar-refractivity contribution in [1.82, 2.24) is 19.6 Å². The van der Waals surface area contributed by atoms with Gasteiger partial charge in [-0.1, -0.05) is 30.3 Å². The first-order valence-corrected chi connectivity index (χ1v) is 9.77. The Morgan fingerprint density at radius 1 is 1.25 bits per heavy atom. The largest absolute Gasteiger partial charge is 0.343 e. The SMILES string of the molecule is Cc1nn(C)c(C(=O)N2CC[C@@]34O[C@@H](c5ccccc5)CN3C(=O)C[C@@H]24)c1C. The molecule has 28 heavy (non-hydrogen) atoms. The van der Waals surface area contributed by atoms with Crippen molar-refractivity contribution in [3.63, 3.8) is 0 Å². The molecular weight excluding hydrogens is 356 g/mol. The molecule has 3 aliphatic heterocycles. The van der Waals surface area contributed by atoms with Gasteiger partial charge in [-0.2, -0.15) is 5.10 Å². The summed E-state index contributed by atoms with van der Waals surface area (Å²) in [5, 5.41) is 4.38. The fourth-order valence-electron chi connectivity index (χ4n) is 5.11. The van der Waals surface area contributed by atoms with Crippen LogP contribution in [-0.4, -0.2) is 56.3 Å². The van der Waals surface area contributed by atoms with Gasteiger partial charge in [-0.25, -0.2) is 0 Å². The average molecular weight is 380 g/mol. The molecule has 3 atom stereocenters. The van der Waals surface area contributed by atoms with E-state index in [1.54, 1.807) is 11.7 Å². The molecule has 0 radical (unpaired) electrons. The first-order chi connectivity index (χ1) is 13.4. The van der Waals surface area contributed by atoms with Crippen molar-refractivity contribution in [3.05, 3.63) is 52.8 Å². The van der Waals surface area contributed by atoms with Gasteiger partial charge < -0.3 is 14.5 Å². The number of carbonyl (C=O) groups excluding carboxylic acids is 2. The van der Waals surface area contributed by atoms with Gasteiger partial charge in [0.25, 0.3) is 5.91 Å². The molecule has 4 heterocycles. The van der Waals surface area contributed by atoms with E-state index in [0.29, 0.717) is 31.6 Å². The predicted molar refractivity (Wildman–Crippen MR) is 101 cm³/mol. The van der Waals surface area contributed by atoms with Crippen molar-refractivity contribution < 1.29 is 14.3 Å². The molecular formula is C21H24N4O3. The van der Waals surface area contributed by atoms with Gasteiger partial charge in [0.15, 0.2) is 5.72 Å². The van der Waals surface area contributed by atoms with Crippen molar-refractivity contribution >= 4 is 11.8 Å². The molecule has 1 spiro atoms. The molecule has 0 N–H and O–H groups in total. The zero-order valence-corrected chi connectivity index (χ0v) is 16.4. The molecule has 146 valence electrons. The van der Waals surface area contributed by atoms with E-state index >= 15 is 0 Å². The topological polar surface area (TPSA) is 67.7 Å². The van der Waals surface area contributed by atoms with E-state index in [2.05, 4.69) is 5.10 Å². The summed E-state index contributed by atoms with van der Waals surface area (Å²) in [4.78, 5) is 29.8. The van der Waals surface area contributed by atoms with Crippen molar-refractivity contribution in [2.24, 2.45) is 7.05 Å². The van der Waals surface area contributed by atoms with E-state index in [1.165, 1.54) is 0 Å². The minimum atomic E-state index is -0.700. The van der Waals surface area contributed by atoms with E-state index in [-0.39, 0.29) is 24.0 Å². The molecule has 3 aliphatic rings. The molecule has 0 aliphatic carbocycles. The summed E-state index contributed by atoms with van der Waals surface area (Å²) in [6, 6.07) is 9.75. The summed E-state index contributed by atoms with van der Waals surface area (Å²) in [5.74, 6) is 0.00252. The quantitative estimate of drug-likeness (QED) is 0.799. The molecule has 2 amide bonds. The highest BCUT2D eigenvalue weighted by Crippen LogP contribution is 2.50. The fraction of sp³-hybridized carbons (Fsp3) is 0.476. The molecule has 1 aromatic carbocycles. The number of ether oxygens (including phenoxy) is 1. The van der Waals surface area contributed by atoms with Crippen LogP contribution in [0.3, 0.4) is 0 Å². The van der Waals surface area contributed by atoms with Gasteiger partial charge in [0.2, 0.25) is 5.91 Å². The number of rotatable bonds is 2. The predicted octanol–water partition coefficient (Wildman–Crippen LogP) is 1.95. The molecule has 5 rings (SSSR count). The lowest BCUT2D eigenvalue weighted by Crippen LogP contribution is -2.49. The molecule has 3 saturated heterocycles. The average Bonchev–Trinajstić information content (AvgIpc) is 3.36. The minimum absolute atomic E-state index is 0.0658. The van der Waals surface area contributed by atoms with E-state index in [4.69, 9.17) is 4.74 Å². The van der Waals surface area contributed by atoms with Crippen molar-refractivity contribution in [1.29, 1.82) is 0 Å². The second-order valence-corrected chi connectivity index (χ2v) is 8.02. The van der Waals surface area contributed by atoms with Crippen LogP contribution in [0.4, 0.5) is 0 Å². The summed E-state index contributed by atoms with van der Waals surface area (Å²) >= 11 is 0. The number of benzene rings is 1. The van der Waals surface area contributed by atoms with Crippen LogP contribution < -0.4 is 0 Å². The first kappa shape index (κ1) is 17.4. The molecule has 0 bridgehead atoms. The Morgan fingerprint density at radius 3 is 2.68 bits per heavy atom. The number of likely N-dealkylation sites (tertiary alicyclic amines) is 1. The molecule has 0 unspecified atom stereocenters. The normalized spacial score (nSPS) is 28.8. The Morgan fingerprint density at radius 2 is 2.00 bits per heavy atom. The number of amides is 2. The van der Waals surface area contributed by atoms with Gasteiger partial charge >= 0.3 is 0 Å². The number of hydrogen-bond donors (Lipinski definition) is 0. The van der Waals surface area contributed by atoms with Gasteiger partial charge in [0, 0.05) is 25.6 Å². The molecule has 3 fully saturated rings. The van der Waals surface area contributed by atoms with Gasteiger partial charge in [-0.3, -0.25) is 14.3 Å². The highest BCUT2D eigenvalue weighted by Gasteiger charge is 2.65. The first-order valence-electron chi connectivity index (χ1n) is 9.77. The van der Waals surface area contributed by atoms with E-state index in [1.807, 2.05) is 54.0 Å². The maximum absolute atomic E-state index is 13.4. The molecule has 0 saturated carbocycles. The third kappa shape index (κ3) is 2.22. The third-order valence-corrected chi connectivity index (χ3v) is 6.58. The lowest BCUT2D eigenvalue weighted by molar-refractivity contribution is -0.138. The van der Waals surface area contributed by atoms with Crippen LogP contribution in [0.15, 0.2) is 30.3 Å². The third-order valence-electron chi connectivity index (χ3n) is 6.58. The second kappa shape index (κ2) is 5.91. The van der Waals surface area contributed by atoms with Gasteiger partial charge in [-0.05, 0) is 19.4 Å². The highest BCUT2D eigenvalue weighted by molar-refractivity contribution is 5.96. The number of aromatic nitrogens is 2. The van der Waals surface area contributed by atoms with Crippen LogP contribution >= 0.6 is 0 Å². The molecule has 1 aromatic heterocycles. The second-order valence-electron chi connectivity index (χ2n) is 8.02. The van der Waals surface area contributed by atoms with Crippen LogP contribution in [-0.2, 0) is 16.6 Å². The van der Waals surface area contributed by atoms with Crippen LogP contribution in [0, 0.1) is 13.8 Å². The summed E-state index contributed by atoms with van der Waals surface area (Å²) < 4.78 is 8.17. The molecule has 7 heteroatoms. The highest BCUT2D eigenvalue weighted by atomic mass is 16.5. The van der Waals surface area contributed by atoms with E-state index in [0.717, 1.165) is 16.8 Å². The minimum Gasteiger partial charge on any atom is -0.343 e. The molecule has 2 aromatic rings. The summed E-state index contributed by atoms with van der Waals surface area (Å²) in [7, 11) is 1.79.